The van der Waals surface area contributed by atoms with Gasteiger partial charge in [-0.05, 0) is 38.0 Å². The molecule has 0 atom stereocenters. The van der Waals surface area contributed by atoms with Gasteiger partial charge in [0, 0.05) is 5.56 Å². The number of hydrogen-bond acceptors (Lipinski definition) is 3. The molecule has 2 N–H and O–H groups in total. The first-order valence-corrected chi connectivity index (χ1v) is 5.70. The highest BCUT2D eigenvalue weighted by Gasteiger charge is 2.07. The van der Waals surface area contributed by atoms with Gasteiger partial charge < -0.3 is 5.73 Å². The Morgan fingerprint density at radius 3 is 2.40 bits per heavy atom. The smallest absolute Gasteiger partial charge is 0.125 e. The third-order valence-electron chi connectivity index (χ3n) is 2.59. The van der Waals surface area contributed by atoms with Crippen LogP contribution < -0.4 is 5.73 Å². The fourth-order valence-corrected chi connectivity index (χ4v) is 2.24. The van der Waals surface area contributed by atoms with Gasteiger partial charge in [0.25, 0.3) is 0 Å². The normalized spacial score (nSPS) is 10.6. The van der Waals surface area contributed by atoms with E-state index in [4.69, 9.17) is 5.73 Å². The average molecular weight is 218 g/mol. The lowest BCUT2D eigenvalue weighted by atomic mass is 10.1. The first kappa shape index (κ1) is 10.2. The van der Waals surface area contributed by atoms with Crippen molar-refractivity contribution in [3.05, 3.63) is 35.0 Å². The molecule has 2 rings (SSSR count). The van der Waals surface area contributed by atoms with Gasteiger partial charge in [-0.1, -0.05) is 23.5 Å². The molecule has 1 aromatic heterocycles. The molecule has 2 aromatic rings. The van der Waals surface area contributed by atoms with Crippen LogP contribution in [-0.2, 0) is 0 Å². The number of nitrogens with two attached hydrogens (primary N) is 1. The summed E-state index contributed by atoms with van der Waals surface area (Å²) in [6.45, 7) is 6.17. The summed E-state index contributed by atoms with van der Waals surface area (Å²) < 4.78 is 0. The number of rotatable bonds is 1. The standard InChI is InChI=1S/C12H14N2S/c1-7-4-5-10(6-8(7)2)12-14-9(3)11(13)15-12/h4-6H,13H2,1-3H3. The molecule has 0 saturated heterocycles. The van der Waals surface area contributed by atoms with E-state index in [9.17, 15) is 0 Å². The van der Waals surface area contributed by atoms with Gasteiger partial charge in [0.2, 0.25) is 0 Å². The lowest BCUT2D eigenvalue weighted by Gasteiger charge is -2.01. The molecule has 1 aromatic carbocycles. The van der Waals surface area contributed by atoms with Crippen LogP contribution in [0, 0.1) is 20.8 Å². The van der Waals surface area contributed by atoms with Crippen LogP contribution in [0.1, 0.15) is 16.8 Å². The number of hydrogen-bond donors (Lipinski definition) is 1. The van der Waals surface area contributed by atoms with Crippen LogP contribution in [0.5, 0.6) is 0 Å². The minimum absolute atomic E-state index is 0.809. The van der Waals surface area contributed by atoms with Gasteiger partial charge in [-0.2, -0.15) is 0 Å². The highest BCUT2D eigenvalue weighted by atomic mass is 32.1. The van der Waals surface area contributed by atoms with E-state index in [-0.39, 0.29) is 0 Å². The Morgan fingerprint density at radius 2 is 1.87 bits per heavy atom. The van der Waals surface area contributed by atoms with Crippen molar-refractivity contribution < 1.29 is 0 Å². The van der Waals surface area contributed by atoms with Crippen LogP contribution in [0.15, 0.2) is 18.2 Å². The molecule has 0 radical (unpaired) electrons. The summed E-state index contributed by atoms with van der Waals surface area (Å²) in [4.78, 5) is 4.44. The van der Waals surface area contributed by atoms with Crippen LogP contribution in [-0.4, -0.2) is 4.98 Å². The van der Waals surface area contributed by atoms with Crippen LogP contribution >= 0.6 is 11.3 Å². The summed E-state index contributed by atoms with van der Waals surface area (Å²) in [5.74, 6) is 0. The van der Waals surface area contributed by atoms with Gasteiger partial charge in [-0.3, -0.25) is 0 Å². The van der Waals surface area contributed by atoms with Gasteiger partial charge in [-0.25, -0.2) is 4.98 Å². The Labute approximate surface area is 93.8 Å². The van der Waals surface area contributed by atoms with E-state index in [1.165, 1.54) is 11.1 Å². The number of thiazole rings is 1. The molecule has 1 heterocycles. The van der Waals surface area contributed by atoms with Crippen LogP contribution in [0.25, 0.3) is 10.6 Å². The van der Waals surface area contributed by atoms with Gasteiger partial charge in [0.05, 0.1) is 5.69 Å². The SMILES string of the molecule is Cc1ccc(-c2nc(C)c(N)s2)cc1C. The molecule has 0 aliphatic rings. The van der Waals surface area contributed by atoms with Gasteiger partial charge in [0.15, 0.2) is 0 Å². The van der Waals surface area contributed by atoms with Gasteiger partial charge in [0.1, 0.15) is 10.0 Å². The van der Waals surface area contributed by atoms with E-state index in [1.807, 2.05) is 6.92 Å². The molecule has 2 nitrogen and oxygen atoms in total. The van der Waals surface area contributed by atoms with E-state index < -0.39 is 0 Å². The Hall–Kier alpha value is -1.35. The van der Waals surface area contributed by atoms with Crippen LogP contribution in [0.4, 0.5) is 5.00 Å². The van der Waals surface area contributed by atoms with E-state index in [1.54, 1.807) is 11.3 Å². The summed E-state index contributed by atoms with van der Waals surface area (Å²) >= 11 is 1.55. The lowest BCUT2D eigenvalue weighted by Crippen LogP contribution is -1.83. The molecule has 0 saturated carbocycles. The fraction of sp³-hybridized carbons (Fsp3) is 0.250. The Bertz CT molecular complexity index is 481. The van der Waals surface area contributed by atoms with Crippen molar-refractivity contribution in [2.45, 2.75) is 20.8 Å². The lowest BCUT2D eigenvalue weighted by molar-refractivity contribution is 1.26. The molecule has 0 fully saturated rings. The zero-order valence-corrected chi connectivity index (χ0v) is 9.98. The highest BCUT2D eigenvalue weighted by molar-refractivity contribution is 7.18. The topological polar surface area (TPSA) is 38.9 Å². The Kier molecular flexibility index (Phi) is 2.49. The van der Waals surface area contributed by atoms with E-state index in [0.717, 1.165) is 21.3 Å². The third-order valence-corrected chi connectivity index (χ3v) is 3.62. The third kappa shape index (κ3) is 1.88. The Morgan fingerprint density at radius 1 is 1.13 bits per heavy atom. The largest absolute Gasteiger partial charge is 0.389 e. The first-order chi connectivity index (χ1) is 7.08. The number of nitrogen functional groups attached to an aromatic ring is 1. The van der Waals surface area contributed by atoms with E-state index >= 15 is 0 Å². The van der Waals surface area contributed by atoms with Crippen molar-refractivity contribution in [2.75, 3.05) is 5.73 Å². The predicted octanol–water partition coefficient (Wildman–Crippen LogP) is 3.32. The maximum absolute atomic E-state index is 5.80. The van der Waals surface area contributed by atoms with Crippen molar-refractivity contribution in [3.63, 3.8) is 0 Å². The maximum atomic E-state index is 5.80. The first-order valence-electron chi connectivity index (χ1n) is 4.88. The average Bonchev–Trinajstić information content (AvgIpc) is 2.52. The fourth-order valence-electron chi connectivity index (χ4n) is 1.41. The van der Waals surface area contributed by atoms with Crippen molar-refractivity contribution in [3.8, 4) is 10.6 Å². The second-order valence-corrected chi connectivity index (χ2v) is 4.80. The second kappa shape index (κ2) is 3.66. The number of anilines is 1. The van der Waals surface area contributed by atoms with Crippen LogP contribution in [0.3, 0.4) is 0 Å². The molecule has 0 spiro atoms. The Balaban J connectivity index is 2.49. The highest BCUT2D eigenvalue weighted by Crippen LogP contribution is 2.30. The zero-order chi connectivity index (χ0) is 11.0. The second-order valence-electron chi connectivity index (χ2n) is 3.77. The molecule has 0 amide bonds. The molecule has 15 heavy (non-hydrogen) atoms. The number of aromatic nitrogens is 1. The van der Waals surface area contributed by atoms with Crippen molar-refractivity contribution >= 4 is 16.3 Å². The summed E-state index contributed by atoms with van der Waals surface area (Å²) in [6, 6.07) is 6.38. The minimum atomic E-state index is 0.809. The molecular weight excluding hydrogens is 204 g/mol. The number of benzene rings is 1. The maximum Gasteiger partial charge on any atom is 0.125 e. The van der Waals surface area contributed by atoms with E-state index in [0.29, 0.717) is 0 Å². The summed E-state index contributed by atoms with van der Waals surface area (Å²) in [5, 5.41) is 1.82. The monoisotopic (exact) mass is 218 g/mol. The minimum Gasteiger partial charge on any atom is -0.389 e. The molecule has 3 heteroatoms. The molecule has 0 unspecified atom stereocenters. The van der Waals surface area contributed by atoms with Crippen molar-refractivity contribution in [1.82, 2.24) is 4.98 Å². The van der Waals surface area contributed by atoms with Crippen molar-refractivity contribution in [1.29, 1.82) is 0 Å². The predicted molar refractivity (Wildman–Crippen MR) is 66.2 cm³/mol. The molecule has 0 aliphatic heterocycles. The number of aryl methyl sites for hydroxylation is 3. The van der Waals surface area contributed by atoms with Gasteiger partial charge >= 0.3 is 0 Å². The molecule has 78 valence electrons. The van der Waals surface area contributed by atoms with Crippen LogP contribution in [0.2, 0.25) is 0 Å². The van der Waals surface area contributed by atoms with E-state index in [2.05, 4.69) is 37.0 Å². The van der Waals surface area contributed by atoms with Gasteiger partial charge in [-0.15, -0.1) is 0 Å². The molecule has 0 aliphatic carbocycles. The molecular formula is C12H14N2S. The molecule has 0 bridgehead atoms. The number of nitrogens with zero attached hydrogens (tertiary/aromatic N) is 1. The quantitative estimate of drug-likeness (QED) is 0.797. The summed E-state index contributed by atoms with van der Waals surface area (Å²) in [6.07, 6.45) is 0. The zero-order valence-electron chi connectivity index (χ0n) is 9.16. The van der Waals surface area contributed by atoms with Crippen molar-refractivity contribution in [2.24, 2.45) is 0 Å². The summed E-state index contributed by atoms with van der Waals surface area (Å²) in [5.41, 5.74) is 10.5. The summed E-state index contributed by atoms with van der Waals surface area (Å²) in [7, 11) is 0.